The van der Waals surface area contributed by atoms with E-state index in [0.717, 1.165) is 43.2 Å². The van der Waals surface area contributed by atoms with E-state index in [1.54, 1.807) is 19.1 Å². The molecule has 3 rings (SSSR count). The smallest absolute Gasteiger partial charge is 0.240 e. The molecule has 2 N–H and O–H groups in total. The molecule has 7 heteroatoms. The average molecular weight is 381 g/mol. The van der Waals surface area contributed by atoms with Gasteiger partial charge < -0.3 is 10.0 Å². The van der Waals surface area contributed by atoms with Gasteiger partial charge in [0.2, 0.25) is 15.9 Å². The summed E-state index contributed by atoms with van der Waals surface area (Å²) in [6, 6.07) is 5.17. The number of aliphatic hydroxyl groups excluding tert-OH is 1. The third-order valence-corrected chi connectivity index (χ3v) is 6.83. The summed E-state index contributed by atoms with van der Waals surface area (Å²) in [5.74, 6) is 0.363. The summed E-state index contributed by atoms with van der Waals surface area (Å²) in [7, 11) is -3.61. The Morgan fingerprint density at radius 2 is 2.04 bits per heavy atom. The number of hydrogen-bond acceptors (Lipinski definition) is 4. The van der Waals surface area contributed by atoms with Crippen molar-refractivity contribution in [2.24, 2.45) is 5.92 Å². The first kappa shape index (κ1) is 19.3. The van der Waals surface area contributed by atoms with E-state index < -0.39 is 16.1 Å². The van der Waals surface area contributed by atoms with Crippen molar-refractivity contribution in [2.75, 3.05) is 13.1 Å². The van der Waals surface area contributed by atoms with Crippen LogP contribution in [0.25, 0.3) is 0 Å². The zero-order chi connectivity index (χ0) is 18.7. The number of sulfonamides is 1. The molecule has 1 saturated carbocycles. The zero-order valence-electron chi connectivity index (χ0n) is 15.3. The number of carbonyl (C=O) groups is 1. The Balaban J connectivity index is 1.71. The maximum atomic E-state index is 12.7. The highest BCUT2D eigenvalue weighted by Gasteiger charge is 2.29. The molecular weight excluding hydrogens is 352 g/mol. The molecular formula is C19H28N2O4S. The maximum Gasteiger partial charge on any atom is 0.240 e. The monoisotopic (exact) mass is 380 g/mol. The Labute approximate surface area is 155 Å². The Morgan fingerprint density at radius 3 is 2.73 bits per heavy atom. The normalized spacial score (nSPS) is 19.4. The highest BCUT2D eigenvalue weighted by molar-refractivity contribution is 7.89. The molecule has 1 aromatic carbocycles. The van der Waals surface area contributed by atoms with Crippen LogP contribution < -0.4 is 4.72 Å². The van der Waals surface area contributed by atoms with E-state index in [4.69, 9.17) is 0 Å². The molecule has 0 radical (unpaired) electrons. The lowest BCUT2D eigenvalue weighted by Crippen LogP contribution is -2.39. The number of aliphatic hydroxyl groups is 1. The Hall–Kier alpha value is -1.44. The molecule has 0 bridgehead atoms. The van der Waals surface area contributed by atoms with Gasteiger partial charge in [-0.05, 0) is 55.9 Å². The topological polar surface area (TPSA) is 86.7 Å². The largest absolute Gasteiger partial charge is 0.393 e. The maximum absolute atomic E-state index is 12.7. The molecule has 0 aromatic heterocycles. The average Bonchev–Trinajstić information content (AvgIpc) is 3.14. The van der Waals surface area contributed by atoms with Gasteiger partial charge in [0.1, 0.15) is 0 Å². The van der Waals surface area contributed by atoms with E-state index in [1.165, 1.54) is 0 Å². The number of rotatable bonds is 6. The molecule has 144 valence electrons. The molecule has 1 atom stereocenters. The summed E-state index contributed by atoms with van der Waals surface area (Å²) >= 11 is 0. The van der Waals surface area contributed by atoms with Crippen LogP contribution in [0.2, 0.25) is 0 Å². The Kier molecular flexibility index (Phi) is 5.99. The summed E-state index contributed by atoms with van der Waals surface area (Å²) in [5.41, 5.74) is 2.03. The summed E-state index contributed by atoms with van der Waals surface area (Å²) in [4.78, 5) is 14.8. The number of carbonyl (C=O) groups excluding carboxylic acids is 1. The predicted molar refractivity (Wildman–Crippen MR) is 99.0 cm³/mol. The van der Waals surface area contributed by atoms with Crippen molar-refractivity contribution in [3.8, 4) is 0 Å². The van der Waals surface area contributed by atoms with Crippen LogP contribution >= 0.6 is 0 Å². The fraction of sp³-hybridized carbons (Fsp3) is 0.632. The van der Waals surface area contributed by atoms with Crippen LogP contribution in [-0.4, -0.2) is 43.5 Å². The number of hydrogen-bond donors (Lipinski definition) is 2. The minimum absolute atomic E-state index is 0.144. The lowest BCUT2D eigenvalue weighted by atomic mass is 9.98. The van der Waals surface area contributed by atoms with E-state index in [-0.39, 0.29) is 23.3 Å². The Morgan fingerprint density at radius 1 is 1.31 bits per heavy atom. The predicted octanol–water partition coefficient (Wildman–Crippen LogP) is 1.81. The van der Waals surface area contributed by atoms with Crippen LogP contribution in [0.15, 0.2) is 23.1 Å². The van der Waals surface area contributed by atoms with E-state index in [2.05, 4.69) is 4.72 Å². The van der Waals surface area contributed by atoms with Gasteiger partial charge in [-0.25, -0.2) is 13.1 Å². The molecule has 1 aliphatic carbocycles. The summed E-state index contributed by atoms with van der Waals surface area (Å²) in [6.45, 7) is 3.02. The SMILES string of the molecule is C[C@H](O)CCNS(=O)(=O)c1ccc2c(c1)CN(C(=O)C1CCCC1)CC2. The van der Waals surface area contributed by atoms with Crippen LogP contribution in [0.5, 0.6) is 0 Å². The molecule has 0 spiro atoms. The van der Waals surface area contributed by atoms with E-state index >= 15 is 0 Å². The van der Waals surface area contributed by atoms with Crippen LogP contribution in [0.3, 0.4) is 0 Å². The third-order valence-electron chi connectivity index (χ3n) is 5.37. The standard InChI is InChI=1S/C19H28N2O4S/c1-14(22)8-10-20-26(24,25)18-7-6-15-9-11-21(13-17(15)12-18)19(23)16-4-2-3-5-16/h6-7,12,14,16,20,22H,2-5,8-11,13H2,1H3/t14-/m0/s1. The van der Waals surface area contributed by atoms with E-state index in [9.17, 15) is 18.3 Å². The van der Waals surface area contributed by atoms with Crippen molar-refractivity contribution in [1.82, 2.24) is 9.62 Å². The van der Waals surface area contributed by atoms with Crippen molar-refractivity contribution in [3.63, 3.8) is 0 Å². The molecule has 2 aliphatic rings. The van der Waals surface area contributed by atoms with Gasteiger partial charge in [-0.1, -0.05) is 18.9 Å². The second-order valence-corrected chi connectivity index (χ2v) is 9.22. The Bertz CT molecular complexity index is 755. The van der Waals surface area contributed by atoms with E-state index in [0.29, 0.717) is 19.5 Å². The van der Waals surface area contributed by atoms with Crippen molar-refractivity contribution in [2.45, 2.75) is 63.0 Å². The van der Waals surface area contributed by atoms with Gasteiger partial charge in [-0.3, -0.25) is 4.79 Å². The zero-order valence-corrected chi connectivity index (χ0v) is 16.1. The minimum atomic E-state index is -3.61. The van der Waals surface area contributed by atoms with Crippen LogP contribution in [0.1, 0.15) is 50.2 Å². The first-order valence-electron chi connectivity index (χ1n) is 9.45. The molecule has 0 unspecified atom stereocenters. The fourth-order valence-corrected chi connectivity index (χ4v) is 4.90. The molecule has 1 aliphatic heterocycles. The van der Waals surface area contributed by atoms with Gasteiger partial charge >= 0.3 is 0 Å². The van der Waals surface area contributed by atoms with Gasteiger partial charge in [0.05, 0.1) is 11.0 Å². The molecule has 6 nitrogen and oxygen atoms in total. The summed E-state index contributed by atoms with van der Waals surface area (Å²) in [6.07, 6.45) is 4.80. The first-order chi connectivity index (χ1) is 12.4. The van der Waals surface area contributed by atoms with Crippen LogP contribution in [0.4, 0.5) is 0 Å². The number of nitrogens with zero attached hydrogens (tertiary/aromatic N) is 1. The van der Waals surface area contributed by atoms with Gasteiger partial charge in [-0.2, -0.15) is 0 Å². The fourth-order valence-electron chi connectivity index (χ4n) is 3.81. The molecule has 1 amide bonds. The number of nitrogens with one attached hydrogen (secondary N) is 1. The second kappa shape index (κ2) is 8.06. The highest BCUT2D eigenvalue weighted by atomic mass is 32.2. The molecule has 1 aromatic rings. The number of benzene rings is 1. The summed E-state index contributed by atoms with van der Waals surface area (Å²) in [5, 5.41) is 9.28. The van der Waals surface area contributed by atoms with E-state index in [1.807, 2.05) is 11.0 Å². The van der Waals surface area contributed by atoms with Crippen molar-refractivity contribution in [1.29, 1.82) is 0 Å². The van der Waals surface area contributed by atoms with Gasteiger partial charge in [-0.15, -0.1) is 0 Å². The van der Waals surface area contributed by atoms with Crippen molar-refractivity contribution < 1.29 is 18.3 Å². The second-order valence-electron chi connectivity index (χ2n) is 7.46. The third kappa shape index (κ3) is 4.45. The minimum Gasteiger partial charge on any atom is -0.393 e. The lowest BCUT2D eigenvalue weighted by molar-refractivity contribution is -0.136. The first-order valence-corrected chi connectivity index (χ1v) is 10.9. The number of fused-ring (bicyclic) bond motifs is 1. The van der Waals surface area contributed by atoms with Crippen molar-refractivity contribution >= 4 is 15.9 Å². The molecule has 1 fully saturated rings. The van der Waals surface area contributed by atoms with Crippen molar-refractivity contribution in [3.05, 3.63) is 29.3 Å². The highest BCUT2D eigenvalue weighted by Crippen LogP contribution is 2.29. The lowest BCUT2D eigenvalue weighted by Gasteiger charge is -2.31. The quantitative estimate of drug-likeness (QED) is 0.788. The number of amides is 1. The van der Waals surface area contributed by atoms with Crippen LogP contribution in [-0.2, 0) is 27.8 Å². The molecule has 1 heterocycles. The summed E-state index contributed by atoms with van der Waals surface area (Å²) < 4.78 is 27.4. The molecule has 26 heavy (non-hydrogen) atoms. The van der Waals surface area contributed by atoms with Gasteiger partial charge in [0.25, 0.3) is 0 Å². The van der Waals surface area contributed by atoms with Gasteiger partial charge in [0.15, 0.2) is 0 Å². The molecule has 0 saturated heterocycles. The van der Waals surface area contributed by atoms with Gasteiger partial charge in [0, 0.05) is 25.6 Å². The van der Waals surface area contributed by atoms with Crippen LogP contribution in [0, 0.1) is 5.92 Å².